The first-order valence-electron chi connectivity index (χ1n) is 5.02. The summed E-state index contributed by atoms with van der Waals surface area (Å²) in [6.45, 7) is 0. The Hall–Kier alpha value is -2.08. The molecule has 0 aliphatic carbocycles. The molecule has 18 heavy (non-hydrogen) atoms. The lowest BCUT2D eigenvalue weighted by atomic mass is 10.0. The van der Waals surface area contributed by atoms with Crippen molar-refractivity contribution in [1.29, 1.82) is 0 Å². The number of nitrogen functional groups attached to an aromatic ring is 1. The van der Waals surface area contributed by atoms with Crippen molar-refractivity contribution in [2.75, 3.05) is 5.73 Å². The Bertz CT molecular complexity index is 566. The largest absolute Gasteiger partial charge is 0.398 e. The van der Waals surface area contributed by atoms with Gasteiger partial charge in [-0.1, -0.05) is 0 Å². The molecule has 2 aromatic rings. The van der Waals surface area contributed by atoms with Gasteiger partial charge in [-0.3, -0.25) is 4.98 Å². The van der Waals surface area contributed by atoms with Crippen LogP contribution in [-0.4, -0.2) is 10.1 Å². The van der Waals surface area contributed by atoms with Gasteiger partial charge in [0.1, 0.15) is 23.6 Å². The van der Waals surface area contributed by atoms with Crippen LogP contribution >= 0.6 is 0 Å². The van der Waals surface area contributed by atoms with Crippen molar-refractivity contribution in [3.05, 3.63) is 59.2 Å². The van der Waals surface area contributed by atoms with E-state index in [0.29, 0.717) is 12.1 Å². The molecule has 3 nitrogen and oxygen atoms in total. The zero-order valence-electron chi connectivity index (χ0n) is 9.07. The van der Waals surface area contributed by atoms with Crippen LogP contribution in [0.15, 0.2) is 30.6 Å². The van der Waals surface area contributed by atoms with Crippen LogP contribution in [0.1, 0.15) is 17.2 Å². The number of nitrogens with zero attached hydrogens (tertiary/aromatic N) is 1. The molecule has 3 N–H and O–H groups in total. The molecule has 0 radical (unpaired) electrons. The molecule has 0 saturated heterocycles. The molecular weight excluding hydrogens is 245 g/mol. The van der Waals surface area contributed by atoms with Crippen LogP contribution in [0.5, 0.6) is 0 Å². The molecule has 0 spiro atoms. The molecule has 1 heterocycles. The van der Waals surface area contributed by atoms with Gasteiger partial charge in [-0.15, -0.1) is 0 Å². The summed E-state index contributed by atoms with van der Waals surface area (Å²) < 4.78 is 39.7. The molecule has 1 aromatic carbocycles. The number of halogens is 3. The second kappa shape index (κ2) is 4.66. The Morgan fingerprint density at radius 2 is 1.78 bits per heavy atom. The Kier molecular flexibility index (Phi) is 3.20. The van der Waals surface area contributed by atoms with Crippen LogP contribution < -0.4 is 5.73 Å². The minimum Gasteiger partial charge on any atom is -0.398 e. The second-order valence-corrected chi connectivity index (χ2v) is 3.69. The lowest BCUT2D eigenvalue weighted by molar-refractivity contribution is 0.209. The Morgan fingerprint density at radius 1 is 1.17 bits per heavy atom. The lowest BCUT2D eigenvalue weighted by Gasteiger charge is -2.14. The molecule has 0 bridgehead atoms. The molecule has 0 saturated carbocycles. The number of aliphatic hydroxyl groups is 1. The maximum absolute atomic E-state index is 13.5. The highest BCUT2D eigenvalue weighted by atomic mass is 19.1. The van der Waals surface area contributed by atoms with Crippen molar-refractivity contribution in [3.8, 4) is 0 Å². The number of aliphatic hydroxyl groups excluding tert-OH is 1. The number of pyridine rings is 1. The minimum absolute atomic E-state index is 0.0573. The molecule has 0 fully saturated rings. The second-order valence-electron chi connectivity index (χ2n) is 3.69. The maximum Gasteiger partial charge on any atom is 0.135 e. The zero-order valence-corrected chi connectivity index (χ0v) is 9.07. The Labute approximate surface area is 101 Å². The van der Waals surface area contributed by atoms with Crippen molar-refractivity contribution < 1.29 is 18.3 Å². The SMILES string of the molecule is Nc1ccncc1C(O)c1c(F)cc(F)cc1F. The van der Waals surface area contributed by atoms with E-state index in [1.54, 1.807) is 0 Å². The third-order valence-electron chi connectivity index (χ3n) is 2.50. The number of rotatable bonds is 2. The first kappa shape index (κ1) is 12.4. The number of aromatic nitrogens is 1. The van der Waals surface area contributed by atoms with Crippen LogP contribution in [0.2, 0.25) is 0 Å². The van der Waals surface area contributed by atoms with Crippen LogP contribution in [0.3, 0.4) is 0 Å². The highest BCUT2D eigenvalue weighted by Gasteiger charge is 2.22. The zero-order chi connectivity index (χ0) is 13.3. The summed E-state index contributed by atoms with van der Waals surface area (Å²) in [4.78, 5) is 3.71. The highest BCUT2D eigenvalue weighted by Crippen LogP contribution is 2.29. The summed E-state index contributed by atoms with van der Waals surface area (Å²) in [5, 5.41) is 9.90. The number of benzene rings is 1. The predicted molar refractivity (Wildman–Crippen MR) is 59.0 cm³/mol. The van der Waals surface area contributed by atoms with E-state index in [1.807, 2.05) is 0 Å². The van der Waals surface area contributed by atoms with Crippen LogP contribution in [-0.2, 0) is 0 Å². The monoisotopic (exact) mass is 254 g/mol. The fraction of sp³-hybridized carbons (Fsp3) is 0.0833. The van der Waals surface area contributed by atoms with Gasteiger partial charge < -0.3 is 10.8 Å². The van der Waals surface area contributed by atoms with Gasteiger partial charge in [-0.05, 0) is 6.07 Å². The van der Waals surface area contributed by atoms with Crippen LogP contribution in [0.4, 0.5) is 18.9 Å². The first-order valence-corrected chi connectivity index (χ1v) is 5.02. The highest BCUT2D eigenvalue weighted by molar-refractivity contribution is 5.49. The normalized spacial score (nSPS) is 12.4. The number of hydrogen-bond acceptors (Lipinski definition) is 3. The van der Waals surface area contributed by atoms with Crippen molar-refractivity contribution in [1.82, 2.24) is 4.98 Å². The molecule has 2 rings (SSSR count). The van der Waals surface area contributed by atoms with Gasteiger partial charge in [0.25, 0.3) is 0 Å². The average Bonchev–Trinajstić information content (AvgIpc) is 2.27. The predicted octanol–water partition coefficient (Wildman–Crippen LogP) is 2.16. The Balaban J connectivity index is 2.53. The van der Waals surface area contributed by atoms with E-state index >= 15 is 0 Å². The van der Waals surface area contributed by atoms with Gasteiger partial charge in [-0.2, -0.15) is 0 Å². The van der Waals surface area contributed by atoms with E-state index in [9.17, 15) is 18.3 Å². The van der Waals surface area contributed by atoms with Crippen LogP contribution in [0.25, 0.3) is 0 Å². The molecule has 94 valence electrons. The summed E-state index contributed by atoms with van der Waals surface area (Å²) in [5.41, 5.74) is 5.11. The summed E-state index contributed by atoms with van der Waals surface area (Å²) in [5.74, 6) is -3.41. The van der Waals surface area contributed by atoms with E-state index in [4.69, 9.17) is 5.73 Å². The molecule has 0 aliphatic heterocycles. The fourth-order valence-corrected chi connectivity index (χ4v) is 1.62. The summed E-state index contributed by atoms with van der Waals surface area (Å²) in [6.07, 6.45) is 0.935. The number of hydrogen-bond donors (Lipinski definition) is 2. The minimum atomic E-state index is -1.64. The molecule has 1 atom stereocenters. The van der Waals surface area contributed by atoms with Crippen molar-refractivity contribution >= 4 is 5.69 Å². The molecule has 0 amide bonds. The third-order valence-corrected chi connectivity index (χ3v) is 2.50. The van der Waals surface area contributed by atoms with Crippen molar-refractivity contribution in [2.24, 2.45) is 0 Å². The number of nitrogens with two attached hydrogens (primary N) is 1. The van der Waals surface area contributed by atoms with E-state index in [0.717, 1.165) is 0 Å². The third kappa shape index (κ3) is 2.14. The Morgan fingerprint density at radius 3 is 2.33 bits per heavy atom. The van der Waals surface area contributed by atoms with Gasteiger partial charge in [0, 0.05) is 35.8 Å². The maximum atomic E-state index is 13.5. The number of anilines is 1. The van der Waals surface area contributed by atoms with Crippen molar-refractivity contribution in [2.45, 2.75) is 6.10 Å². The van der Waals surface area contributed by atoms with E-state index in [-0.39, 0.29) is 11.3 Å². The average molecular weight is 254 g/mol. The standard InChI is InChI=1S/C12H9F3N2O/c13-6-3-8(14)11(9(15)4-6)12(18)7-5-17-2-1-10(7)16/h1-5,12,18H,(H2,16,17). The topological polar surface area (TPSA) is 59.1 Å². The van der Waals surface area contributed by atoms with E-state index in [2.05, 4.69) is 4.98 Å². The molecule has 0 aliphatic rings. The summed E-state index contributed by atoms with van der Waals surface area (Å²) in [6, 6.07) is 2.38. The van der Waals surface area contributed by atoms with Crippen molar-refractivity contribution in [3.63, 3.8) is 0 Å². The molecular formula is C12H9F3N2O. The molecule has 6 heteroatoms. The van der Waals surface area contributed by atoms with Gasteiger partial charge in [-0.25, -0.2) is 13.2 Å². The summed E-state index contributed by atoms with van der Waals surface area (Å²) >= 11 is 0. The van der Waals surface area contributed by atoms with E-state index < -0.39 is 29.1 Å². The fourth-order valence-electron chi connectivity index (χ4n) is 1.62. The summed E-state index contributed by atoms with van der Waals surface area (Å²) in [7, 11) is 0. The van der Waals surface area contributed by atoms with Gasteiger partial charge >= 0.3 is 0 Å². The molecule has 1 aromatic heterocycles. The molecule has 1 unspecified atom stereocenters. The lowest BCUT2D eigenvalue weighted by Crippen LogP contribution is -2.09. The van der Waals surface area contributed by atoms with Gasteiger partial charge in [0.15, 0.2) is 0 Å². The first-order chi connectivity index (χ1) is 8.50. The quantitative estimate of drug-likeness (QED) is 0.863. The van der Waals surface area contributed by atoms with E-state index in [1.165, 1.54) is 18.5 Å². The van der Waals surface area contributed by atoms with Gasteiger partial charge in [0.2, 0.25) is 0 Å². The van der Waals surface area contributed by atoms with Gasteiger partial charge in [0.05, 0.1) is 5.56 Å². The smallest absolute Gasteiger partial charge is 0.135 e. The van der Waals surface area contributed by atoms with Crippen LogP contribution in [0, 0.1) is 17.5 Å².